The first-order valence-corrected chi connectivity index (χ1v) is 48.6. The molecule has 3 aromatic carbocycles. The topological polar surface area (TPSA) is 321 Å². The summed E-state index contributed by atoms with van der Waals surface area (Å²) in [6.45, 7) is 31.2. The number of hydrogen-bond acceptors (Lipinski definition) is 27. The smallest absolute Gasteiger partial charge is 1.00 e. The van der Waals surface area contributed by atoms with Gasteiger partial charge >= 0.3 is 29.6 Å². The number of likely N-dealkylation sites (tertiary alicyclic amines) is 1. The molecule has 6 atom stereocenters. The number of nitriles is 3. The molecule has 29 nitrogen and oxygen atoms in total. The van der Waals surface area contributed by atoms with Gasteiger partial charge in [0.05, 0.1) is 80.2 Å². The van der Waals surface area contributed by atoms with Crippen molar-refractivity contribution in [3.63, 3.8) is 0 Å². The number of carbonyl (C=O) groups is 1. The number of aryl methyl sites for hydroxylation is 2. The van der Waals surface area contributed by atoms with E-state index >= 15 is 0 Å². The number of anilines is 4. The van der Waals surface area contributed by atoms with Crippen LogP contribution in [0.5, 0.6) is 17.2 Å². The second kappa shape index (κ2) is 60.0. The minimum Gasteiger partial charge on any atom is -1.00 e. The molecule has 6 saturated heterocycles. The average molecular weight is 2060 g/mol. The number of aldehydes is 1. The van der Waals surface area contributed by atoms with Gasteiger partial charge in [-0.05, 0) is 254 Å². The van der Waals surface area contributed by atoms with Crippen molar-refractivity contribution in [3.8, 4) is 35.5 Å². The van der Waals surface area contributed by atoms with Gasteiger partial charge < -0.3 is 65.6 Å². The van der Waals surface area contributed by atoms with Gasteiger partial charge in [-0.25, -0.2) is 76.2 Å². The number of rotatable bonds is 18. The van der Waals surface area contributed by atoms with Gasteiger partial charge in [0.25, 0.3) is 0 Å². The average Bonchev–Trinajstić information content (AvgIpc) is 1.64. The molecule has 2 aliphatic carbocycles. The fourth-order valence-electron chi connectivity index (χ4n) is 19.3. The zero-order valence-corrected chi connectivity index (χ0v) is 84.5. The number of halogens is 9. The van der Waals surface area contributed by atoms with Crippen molar-refractivity contribution < 1.29 is 68.3 Å². The van der Waals surface area contributed by atoms with Crippen molar-refractivity contribution in [2.75, 3.05) is 140 Å². The molecule has 11 aliphatic rings. The summed E-state index contributed by atoms with van der Waals surface area (Å²) in [4.78, 5) is 76.3. The summed E-state index contributed by atoms with van der Waals surface area (Å²) in [5.41, 5.74) is 11.6. The van der Waals surface area contributed by atoms with Crippen LogP contribution in [0.15, 0.2) is 54.6 Å². The molecule has 140 heavy (non-hydrogen) atoms. The number of aliphatic hydroxyl groups excluding tert-OH is 1. The maximum absolute atomic E-state index is 14.4. The molecular formula is C101H134Cl6F3N24NaO5. The van der Waals surface area contributed by atoms with Crippen LogP contribution in [0.2, 0.25) is 31.6 Å². The number of aromatic nitrogens is 10. The van der Waals surface area contributed by atoms with E-state index < -0.39 is 5.82 Å². The van der Waals surface area contributed by atoms with E-state index in [1.54, 1.807) is 38.5 Å². The van der Waals surface area contributed by atoms with Crippen LogP contribution in [0.25, 0.3) is 9.69 Å². The Kier molecular flexibility index (Phi) is 50.6. The molecule has 39 heteroatoms. The van der Waals surface area contributed by atoms with E-state index in [0.717, 1.165) is 250 Å². The van der Waals surface area contributed by atoms with Crippen LogP contribution in [0, 0.1) is 94.2 Å². The Bertz CT molecular complexity index is 5320. The number of piperidine rings is 5. The van der Waals surface area contributed by atoms with E-state index in [1.165, 1.54) is 74.3 Å². The number of likely N-dealkylation sites (N-methyl/N-ethyl adjacent to an activating group) is 1. The number of ether oxygens (including phenoxy) is 3. The van der Waals surface area contributed by atoms with Crippen LogP contribution >= 0.6 is 69.6 Å². The molecule has 5 aromatic heterocycles. The van der Waals surface area contributed by atoms with Gasteiger partial charge in [-0.15, -0.1) is 0 Å². The molecule has 0 unspecified atom stereocenters. The third-order valence-corrected chi connectivity index (χ3v) is 27.2. The van der Waals surface area contributed by atoms with Crippen molar-refractivity contribution in [2.24, 2.45) is 29.6 Å². The fraction of sp³-hybridized carbons (Fsp3) is 0.564. The minimum atomic E-state index is -0.556. The van der Waals surface area contributed by atoms with Crippen LogP contribution in [0.1, 0.15) is 218 Å². The van der Waals surface area contributed by atoms with E-state index in [-0.39, 0.29) is 99.5 Å². The Morgan fingerprint density at radius 1 is 0.464 bits per heavy atom. The molecule has 0 amide bonds. The molecule has 0 radical (unpaired) electrons. The summed E-state index contributed by atoms with van der Waals surface area (Å²) in [5.74, 6) is 6.19. The third kappa shape index (κ3) is 32.8. The molecule has 0 saturated carbocycles. The predicted molar refractivity (Wildman–Crippen MR) is 545 cm³/mol. The van der Waals surface area contributed by atoms with Gasteiger partial charge in [0.2, 0.25) is 39.5 Å². The molecule has 752 valence electrons. The second-order valence-corrected chi connectivity index (χ2v) is 37.4. The second-order valence-electron chi connectivity index (χ2n) is 35.3. The molecule has 9 aliphatic heterocycles. The number of nitrogens with zero attached hydrogens (tertiary/aromatic N) is 22. The Hall–Kier alpha value is -8.93. The van der Waals surface area contributed by atoms with Crippen LogP contribution in [0.4, 0.5) is 36.4 Å². The molecule has 0 spiro atoms. The van der Waals surface area contributed by atoms with E-state index in [9.17, 15) is 18.0 Å². The molecule has 6 fully saturated rings. The van der Waals surface area contributed by atoms with Gasteiger partial charge in [0.15, 0.2) is 6.29 Å². The summed E-state index contributed by atoms with van der Waals surface area (Å²) >= 11 is 36.0. The third-order valence-electron chi connectivity index (χ3n) is 26.1. The van der Waals surface area contributed by atoms with Gasteiger partial charge in [0, 0.05) is 181 Å². The number of hydrogen-bond donors (Lipinski definition) is 3. The minimum absolute atomic E-state index is 0. The van der Waals surface area contributed by atoms with E-state index in [1.807, 2.05) is 0 Å². The van der Waals surface area contributed by atoms with Crippen LogP contribution in [-0.2, 0) is 78.0 Å². The Morgan fingerprint density at radius 2 is 0.857 bits per heavy atom. The summed E-state index contributed by atoms with van der Waals surface area (Å²) < 4.78 is 56.9. The van der Waals surface area contributed by atoms with Crippen molar-refractivity contribution in [2.45, 2.75) is 223 Å². The maximum atomic E-state index is 14.4. The number of methoxy groups -OCH3 is 3. The fourth-order valence-corrected chi connectivity index (χ4v) is 20.6. The van der Waals surface area contributed by atoms with Gasteiger partial charge in [-0.2, -0.15) is 15.8 Å². The maximum Gasteiger partial charge on any atom is 1.00 e. The zero-order chi connectivity index (χ0) is 95.9. The Balaban J connectivity index is 0.000000255. The predicted octanol–water partition coefficient (Wildman–Crippen LogP) is 17.0. The van der Waals surface area contributed by atoms with Crippen molar-refractivity contribution in [1.82, 2.24) is 75.2 Å². The van der Waals surface area contributed by atoms with Gasteiger partial charge in [-0.1, -0.05) is 59.5 Å². The van der Waals surface area contributed by atoms with Crippen molar-refractivity contribution in [3.05, 3.63) is 199 Å². The zero-order valence-electron chi connectivity index (χ0n) is 79.0. The first kappa shape index (κ1) is 118. The Labute approximate surface area is 878 Å². The number of fused-ring (bicyclic) bond motifs is 5. The van der Waals surface area contributed by atoms with Gasteiger partial charge in [-0.3, -0.25) is 14.6 Å². The first-order chi connectivity index (χ1) is 65.6. The monoisotopic (exact) mass is 2050 g/mol. The number of aliphatic hydroxyl groups is 1. The standard InChI is InChI=1S/2C21H23ClFN5O.C14H17ClN4.C13H16ClN5.C8H7FO2.C7H6Cl2N2.C7H12N2.C6H13NO.4CH4.Na.H/c2*1-24-9-14-5-4-8-28(10-14)20-16-12-27(13-18(16)25-21(22)26-20)11-15-17(23)6-3-7-19(15)29-2;15-14-17-12-5-1-4-11(12)13(18-14)19-8-2-3-10(9-19)6-7-16;14-13-17-11-7-16-6-10(11)12(18-13)19-5-1-2-9(8-19)3-4-15;1-11-8-4-2-3-7(9)6(8)5-10;8-6-4-2-1-3-5(4)10-7(9)11-6;8-4-3-7-2-1-5-9-6-7;1-7-4-2-3-6(7)5-8;;;;;;/h2*3,6-7,14H,4-5,8-13H2,2H3;10H,1-6,8-9H2;9,16H,1-3,5-8H2;2-5H,1H3;1-3H2;7,9H,1-3,5-6H2;6,8H,2-5H2,1H3;4*1H4;;/q;;;;;;;;;;;;+1;-1/t2*14-;10-;9-;;;7-;6-;;;;;;/m0000..00....../s1. The van der Waals surface area contributed by atoms with Crippen LogP contribution in [-0.4, -0.2) is 202 Å². The van der Waals surface area contributed by atoms with Crippen molar-refractivity contribution >= 4 is 99.2 Å². The normalized spacial score (nSPS) is 19.4. The Morgan fingerprint density at radius 3 is 1.27 bits per heavy atom. The molecule has 8 aromatic rings. The molecule has 14 heterocycles. The summed E-state index contributed by atoms with van der Waals surface area (Å²) in [6, 6.07) is 21.2. The summed E-state index contributed by atoms with van der Waals surface area (Å²) in [7, 11) is 6.56. The number of nitrogens with one attached hydrogen (secondary N) is 2. The molecular weight excluding hydrogens is 1920 g/mol. The number of benzene rings is 3. The first-order valence-electron chi connectivity index (χ1n) is 46.3. The van der Waals surface area contributed by atoms with Crippen LogP contribution in [0.3, 0.4) is 0 Å². The van der Waals surface area contributed by atoms with Crippen LogP contribution < -0.4 is 74.0 Å². The molecule has 3 N–H and O–H groups in total. The summed E-state index contributed by atoms with van der Waals surface area (Å²) in [5, 5.41) is 43.2. The number of carbonyl (C=O) groups excluding carboxylic acids is 1. The van der Waals surface area contributed by atoms with Gasteiger partial charge in [0.1, 0.15) is 63.1 Å². The SMILES string of the molecule is C.C.C.C.CN1CCC[C@H]1CO.COc1cccc(F)c1C=O.Clc1nc(Cl)c2c(n1)CCC2.N#CC[C@@H]1CCCN(c2nc(Cl)nc3c2CCC3)C1.N#CC[C@@H]1CCCN(c2nc(Cl)nc3c2CNC3)C1.N#CC[C@@H]1CCCNC1.[C-]#[N+]C[C@@H]1CCCN(c2nc(Cl)nc3c2CN(Cc2c(F)cccc2OC)C3)C1.[C-]#[N+]C[C@@H]1CCCN(c2nc(Cl)nc3c2CN(Cc2c(F)cccc2OC)C3)C1.[H-].[Na+]. The van der Waals surface area contributed by atoms with Crippen molar-refractivity contribution in [1.29, 1.82) is 15.8 Å². The molecule has 0 bridgehead atoms. The quantitative estimate of drug-likeness (QED) is 0.0236. The molecule has 19 rings (SSSR count). The van der Waals surface area contributed by atoms with E-state index in [2.05, 4.69) is 130 Å². The van der Waals surface area contributed by atoms with E-state index in [4.69, 9.17) is 118 Å². The largest absolute Gasteiger partial charge is 1.00 e. The van der Waals surface area contributed by atoms with E-state index in [0.29, 0.717) is 152 Å². The summed E-state index contributed by atoms with van der Waals surface area (Å²) in [6.07, 6.45) is 22.3.